The van der Waals surface area contributed by atoms with Crippen LogP contribution in [0.3, 0.4) is 0 Å². The number of carbonyl (C=O) groups excluding carboxylic acids is 1. The van der Waals surface area contributed by atoms with Crippen LogP contribution in [0.15, 0.2) is 42.5 Å². The highest BCUT2D eigenvalue weighted by Crippen LogP contribution is 2.37. The Morgan fingerprint density at radius 2 is 1.93 bits per heavy atom. The number of phosphoric acid groups is 1. The van der Waals surface area contributed by atoms with Gasteiger partial charge in [-0.15, -0.1) is 11.3 Å². The number of rotatable bonds is 12. The van der Waals surface area contributed by atoms with Crippen LogP contribution in [-0.4, -0.2) is 34.3 Å². The second kappa shape index (κ2) is 10.3. The van der Waals surface area contributed by atoms with Crippen molar-refractivity contribution in [3.8, 4) is 5.75 Å². The second-order valence-corrected chi connectivity index (χ2v) is 9.28. The molecular formula is C19H26NO6PS. The zero-order valence-corrected chi connectivity index (χ0v) is 17.5. The molecule has 0 bridgehead atoms. The molecule has 7 nitrogen and oxygen atoms in total. The van der Waals surface area contributed by atoms with Crippen molar-refractivity contribution < 1.29 is 28.4 Å². The molecule has 4 N–H and O–H groups in total. The van der Waals surface area contributed by atoms with Crippen molar-refractivity contribution in [2.75, 3.05) is 13.2 Å². The van der Waals surface area contributed by atoms with Crippen LogP contribution in [0.1, 0.15) is 40.7 Å². The van der Waals surface area contributed by atoms with Gasteiger partial charge >= 0.3 is 7.82 Å². The number of hydrogen-bond donors (Lipinski definition) is 3. The van der Waals surface area contributed by atoms with E-state index < -0.39 is 13.4 Å². The summed E-state index contributed by atoms with van der Waals surface area (Å²) in [6.07, 6.45) is 2.14. The normalized spacial score (nSPS) is 13.9. The molecule has 0 aliphatic carbocycles. The van der Waals surface area contributed by atoms with E-state index in [1.807, 2.05) is 36.4 Å². The molecular weight excluding hydrogens is 401 g/mol. The zero-order chi connectivity index (χ0) is 20.6. The Bertz CT molecular complexity index is 802. The summed E-state index contributed by atoms with van der Waals surface area (Å²) < 4.78 is 20.9. The average Bonchev–Trinajstić information content (AvgIpc) is 3.12. The Kier molecular flexibility index (Phi) is 8.37. The summed E-state index contributed by atoms with van der Waals surface area (Å²) in [5.41, 5.74) is 5.15. The number of benzene rings is 1. The molecule has 0 radical (unpaired) electrons. The Balaban J connectivity index is 1.73. The number of hydrogen-bond acceptors (Lipinski definition) is 6. The third-order valence-corrected chi connectivity index (χ3v) is 5.65. The van der Waals surface area contributed by atoms with Gasteiger partial charge in [-0.2, -0.15) is 0 Å². The molecule has 2 aromatic rings. The van der Waals surface area contributed by atoms with E-state index in [0.29, 0.717) is 37.2 Å². The van der Waals surface area contributed by atoms with Gasteiger partial charge in [0.05, 0.1) is 18.1 Å². The molecule has 1 aromatic carbocycles. The number of ketones is 1. The maximum Gasteiger partial charge on any atom is 0.469 e. The highest BCUT2D eigenvalue weighted by molar-refractivity contribution is 7.46. The van der Waals surface area contributed by atoms with E-state index in [4.69, 9.17) is 20.3 Å². The first-order valence-corrected chi connectivity index (χ1v) is 11.3. The van der Waals surface area contributed by atoms with E-state index in [9.17, 15) is 9.36 Å². The van der Waals surface area contributed by atoms with Crippen LogP contribution in [0.5, 0.6) is 5.75 Å². The van der Waals surface area contributed by atoms with Crippen molar-refractivity contribution >= 4 is 24.9 Å². The fourth-order valence-electron chi connectivity index (χ4n) is 2.44. The van der Waals surface area contributed by atoms with Crippen LogP contribution in [0.2, 0.25) is 0 Å². The van der Waals surface area contributed by atoms with Gasteiger partial charge in [-0.25, -0.2) is 4.57 Å². The maximum absolute atomic E-state index is 12.3. The highest BCUT2D eigenvalue weighted by Gasteiger charge is 2.24. The third-order valence-electron chi connectivity index (χ3n) is 4.00. The Morgan fingerprint density at radius 1 is 1.21 bits per heavy atom. The Hall–Kier alpha value is -1.54. The predicted octanol–water partition coefficient (Wildman–Crippen LogP) is 3.55. The first-order valence-electron chi connectivity index (χ1n) is 8.93. The number of thiophene rings is 1. The summed E-state index contributed by atoms with van der Waals surface area (Å²) in [5.74, 6) is 0.870. The fourth-order valence-corrected chi connectivity index (χ4v) is 3.88. The van der Waals surface area contributed by atoms with Gasteiger partial charge in [0.1, 0.15) is 5.75 Å². The minimum Gasteiger partial charge on any atom is -0.494 e. The molecule has 9 heteroatoms. The monoisotopic (exact) mass is 427 g/mol. The van der Waals surface area contributed by atoms with E-state index in [2.05, 4.69) is 4.52 Å². The van der Waals surface area contributed by atoms with E-state index in [1.165, 1.54) is 11.3 Å². The SMILES string of the molecule is CC(N)(CCc1ccc(C(=O)CCCOc2ccccc2)s1)COP(=O)(O)O. The van der Waals surface area contributed by atoms with Gasteiger partial charge < -0.3 is 20.3 Å². The summed E-state index contributed by atoms with van der Waals surface area (Å²) >= 11 is 1.42. The van der Waals surface area contributed by atoms with Crippen LogP contribution < -0.4 is 10.5 Å². The molecule has 0 aliphatic heterocycles. The lowest BCUT2D eigenvalue weighted by Gasteiger charge is -2.24. The molecule has 2 rings (SSSR count). The summed E-state index contributed by atoms with van der Waals surface area (Å²) in [4.78, 5) is 31.5. The average molecular weight is 427 g/mol. The topological polar surface area (TPSA) is 119 Å². The smallest absolute Gasteiger partial charge is 0.469 e. The van der Waals surface area contributed by atoms with Crippen LogP contribution in [0.25, 0.3) is 0 Å². The van der Waals surface area contributed by atoms with Gasteiger partial charge in [-0.05, 0) is 50.5 Å². The van der Waals surface area contributed by atoms with Gasteiger partial charge in [0.25, 0.3) is 0 Å². The van der Waals surface area contributed by atoms with Crippen molar-refractivity contribution in [3.63, 3.8) is 0 Å². The summed E-state index contributed by atoms with van der Waals surface area (Å²) in [5, 5.41) is 0. The lowest BCUT2D eigenvalue weighted by atomic mass is 9.98. The molecule has 154 valence electrons. The number of phosphoric ester groups is 1. The number of ether oxygens (including phenoxy) is 1. The first-order chi connectivity index (χ1) is 13.1. The van der Waals surface area contributed by atoms with Gasteiger partial charge in [-0.3, -0.25) is 9.32 Å². The van der Waals surface area contributed by atoms with E-state index in [1.54, 1.807) is 13.0 Å². The third kappa shape index (κ3) is 8.65. The van der Waals surface area contributed by atoms with Crippen molar-refractivity contribution in [1.29, 1.82) is 0 Å². The van der Waals surface area contributed by atoms with Crippen LogP contribution in [0, 0.1) is 0 Å². The number of carbonyl (C=O) groups is 1. The summed E-state index contributed by atoms with van der Waals surface area (Å²) in [6, 6.07) is 13.2. The van der Waals surface area contributed by atoms with E-state index in [0.717, 1.165) is 10.6 Å². The fraction of sp³-hybridized carbons (Fsp3) is 0.421. The number of Topliss-reactive ketones (excluding diaryl/α,β-unsaturated/α-hetero) is 1. The largest absolute Gasteiger partial charge is 0.494 e. The molecule has 0 amide bonds. The molecule has 0 aliphatic rings. The van der Waals surface area contributed by atoms with Crippen molar-refractivity contribution in [1.82, 2.24) is 0 Å². The van der Waals surface area contributed by atoms with E-state index >= 15 is 0 Å². The molecule has 1 atom stereocenters. The lowest BCUT2D eigenvalue weighted by Crippen LogP contribution is -2.41. The summed E-state index contributed by atoms with van der Waals surface area (Å²) in [7, 11) is -4.53. The molecule has 1 heterocycles. The van der Waals surface area contributed by atoms with Gasteiger partial charge in [-0.1, -0.05) is 18.2 Å². The molecule has 0 fully saturated rings. The number of nitrogens with two attached hydrogens (primary N) is 1. The second-order valence-electron chi connectivity index (χ2n) is 6.87. The van der Waals surface area contributed by atoms with Crippen LogP contribution in [-0.2, 0) is 15.5 Å². The van der Waals surface area contributed by atoms with Crippen LogP contribution in [0.4, 0.5) is 0 Å². The van der Waals surface area contributed by atoms with Crippen molar-refractivity contribution in [3.05, 3.63) is 52.2 Å². The standard InChI is InChI=1S/C19H26NO6PS/c1-19(20,14-26-27(22,23)24)12-11-16-9-10-18(28-16)17(21)8-5-13-25-15-6-3-2-4-7-15/h2-4,6-7,9-10H,5,8,11-14,20H2,1H3,(H2,22,23,24). The molecule has 28 heavy (non-hydrogen) atoms. The van der Waals surface area contributed by atoms with Crippen LogP contribution >= 0.6 is 19.2 Å². The molecule has 0 saturated heterocycles. The number of aryl methyl sites for hydroxylation is 1. The van der Waals surface area contributed by atoms with Gasteiger partial charge in [0.2, 0.25) is 0 Å². The Labute approximate surface area is 168 Å². The molecule has 0 spiro atoms. The number of para-hydroxylation sites is 1. The van der Waals surface area contributed by atoms with Crippen molar-refractivity contribution in [2.45, 2.75) is 38.1 Å². The Morgan fingerprint density at radius 3 is 2.61 bits per heavy atom. The molecule has 0 saturated carbocycles. The minimum absolute atomic E-state index is 0.0771. The minimum atomic E-state index is -4.53. The van der Waals surface area contributed by atoms with E-state index in [-0.39, 0.29) is 12.4 Å². The predicted molar refractivity (Wildman–Crippen MR) is 109 cm³/mol. The maximum atomic E-state index is 12.3. The molecule has 1 unspecified atom stereocenters. The highest BCUT2D eigenvalue weighted by atomic mass is 32.1. The molecule has 1 aromatic heterocycles. The first kappa shape index (κ1) is 22.7. The van der Waals surface area contributed by atoms with Gasteiger partial charge in [0, 0.05) is 16.8 Å². The zero-order valence-electron chi connectivity index (χ0n) is 15.7. The quantitative estimate of drug-likeness (QED) is 0.269. The summed E-state index contributed by atoms with van der Waals surface area (Å²) in [6.45, 7) is 1.92. The lowest BCUT2D eigenvalue weighted by molar-refractivity contribution is 0.0977. The van der Waals surface area contributed by atoms with Gasteiger partial charge in [0.15, 0.2) is 5.78 Å². The van der Waals surface area contributed by atoms with Crippen molar-refractivity contribution in [2.24, 2.45) is 5.73 Å².